The maximum atomic E-state index is 13.4. The molecule has 2 fully saturated rings. The van der Waals surface area contributed by atoms with Crippen molar-refractivity contribution in [1.29, 1.82) is 0 Å². The van der Waals surface area contributed by atoms with Crippen molar-refractivity contribution in [2.75, 3.05) is 19.7 Å². The van der Waals surface area contributed by atoms with Crippen molar-refractivity contribution in [3.05, 3.63) is 23.3 Å². The number of ether oxygens (including phenoxy) is 2. The fourth-order valence-electron chi connectivity index (χ4n) is 4.70. The van der Waals surface area contributed by atoms with Crippen LogP contribution in [0.3, 0.4) is 0 Å². The summed E-state index contributed by atoms with van der Waals surface area (Å²) in [5.41, 5.74) is 5.81. The number of esters is 2. The monoisotopic (exact) mass is 553 g/mol. The molecule has 3 heterocycles. The van der Waals surface area contributed by atoms with Gasteiger partial charge in [0.05, 0.1) is 18.1 Å². The van der Waals surface area contributed by atoms with Crippen LogP contribution < -0.4 is 5.73 Å². The third-order valence-corrected chi connectivity index (χ3v) is 13.5. The van der Waals surface area contributed by atoms with Gasteiger partial charge in [0.15, 0.2) is 8.32 Å². The SMILES string of the molecule is C=CCOC(=O)C1=C(CN2C[C@H](OC(C)=O)C[C@H]2C(N)=O)S[C@@H]2[C@@H]([C@@H](C)O[Si](C)(C)C(C)(C)C)C(=O)N12. The molecule has 12 heteroatoms. The molecular weight excluding hydrogens is 514 g/mol. The number of thioether (sulfide) groups is 1. The van der Waals surface area contributed by atoms with Crippen molar-refractivity contribution in [3.63, 3.8) is 0 Å². The Morgan fingerprint density at radius 1 is 1.30 bits per heavy atom. The molecule has 10 nitrogen and oxygen atoms in total. The highest BCUT2D eigenvalue weighted by molar-refractivity contribution is 8.04. The van der Waals surface area contributed by atoms with Gasteiger partial charge in [-0.05, 0) is 25.1 Å². The van der Waals surface area contributed by atoms with Crippen LogP contribution in [-0.4, -0.2) is 85.2 Å². The molecule has 5 atom stereocenters. The Labute approximate surface area is 224 Å². The van der Waals surface area contributed by atoms with Crippen molar-refractivity contribution in [2.24, 2.45) is 11.7 Å². The van der Waals surface area contributed by atoms with Crippen LogP contribution in [0, 0.1) is 5.92 Å². The van der Waals surface area contributed by atoms with Gasteiger partial charge in [-0.2, -0.15) is 0 Å². The van der Waals surface area contributed by atoms with Gasteiger partial charge in [-0.25, -0.2) is 4.79 Å². The summed E-state index contributed by atoms with van der Waals surface area (Å²) in [5, 5.41) is -0.329. The summed E-state index contributed by atoms with van der Waals surface area (Å²) in [6.07, 6.45) is 0.920. The summed E-state index contributed by atoms with van der Waals surface area (Å²) in [7, 11) is -2.13. The highest BCUT2D eigenvalue weighted by Crippen LogP contribution is 2.52. The third-order valence-electron chi connectivity index (χ3n) is 7.54. The van der Waals surface area contributed by atoms with Crippen molar-refractivity contribution in [2.45, 2.75) is 82.8 Å². The number of nitrogens with two attached hydrogens (primary N) is 1. The van der Waals surface area contributed by atoms with Crippen LogP contribution in [0.5, 0.6) is 0 Å². The molecule has 0 saturated carbocycles. The number of likely N-dealkylation sites (tertiary alicyclic amines) is 1. The normalized spacial score (nSPS) is 27.0. The minimum absolute atomic E-state index is 0.00342. The predicted octanol–water partition coefficient (Wildman–Crippen LogP) is 2.36. The Balaban J connectivity index is 1.85. The van der Waals surface area contributed by atoms with E-state index < -0.39 is 44.2 Å². The molecule has 3 rings (SSSR count). The molecule has 0 unspecified atom stereocenters. The first-order valence-corrected chi connectivity index (χ1v) is 16.3. The number of rotatable bonds is 10. The van der Waals surface area contributed by atoms with Crippen molar-refractivity contribution in [1.82, 2.24) is 9.80 Å². The van der Waals surface area contributed by atoms with Gasteiger partial charge in [0.1, 0.15) is 23.8 Å². The third kappa shape index (κ3) is 5.97. The summed E-state index contributed by atoms with van der Waals surface area (Å²) in [6, 6.07) is -0.663. The average molecular weight is 554 g/mol. The van der Waals surface area contributed by atoms with Gasteiger partial charge in [-0.1, -0.05) is 33.4 Å². The largest absolute Gasteiger partial charge is 0.461 e. The lowest BCUT2D eigenvalue weighted by Crippen LogP contribution is -2.62. The van der Waals surface area contributed by atoms with E-state index in [0.29, 0.717) is 11.4 Å². The topological polar surface area (TPSA) is 128 Å². The van der Waals surface area contributed by atoms with Gasteiger partial charge in [0.2, 0.25) is 11.8 Å². The minimum Gasteiger partial charge on any atom is -0.461 e. The van der Waals surface area contributed by atoms with Gasteiger partial charge in [0, 0.05) is 31.3 Å². The van der Waals surface area contributed by atoms with Crippen LogP contribution >= 0.6 is 11.8 Å². The Bertz CT molecular complexity index is 1010. The molecule has 0 bridgehead atoms. The van der Waals surface area contributed by atoms with E-state index in [1.165, 1.54) is 29.7 Å². The van der Waals surface area contributed by atoms with Crippen LogP contribution in [0.4, 0.5) is 0 Å². The Morgan fingerprint density at radius 2 is 1.95 bits per heavy atom. The number of primary amides is 1. The quantitative estimate of drug-likeness (QED) is 0.188. The van der Waals surface area contributed by atoms with E-state index in [9.17, 15) is 19.2 Å². The van der Waals surface area contributed by atoms with Gasteiger partial charge < -0.3 is 19.6 Å². The number of β-lactam (4-membered cyclic amide) rings is 1. The molecule has 3 aliphatic rings. The second kappa shape index (κ2) is 10.9. The number of amides is 2. The van der Waals surface area contributed by atoms with Crippen LogP contribution in [0.15, 0.2) is 23.3 Å². The predicted molar refractivity (Wildman–Crippen MR) is 142 cm³/mol. The average Bonchev–Trinajstić information content (AvgIpc) is 3.29. The lowest BCUT2D eigenvalue weighted by atomic mass is 9.92. The lowest BCUT2D eigenvalue weighted by Gasteiger charge is -2.48. The zero-order chi connectivity index (χ0) is 27.9. The molecule has 206 valence electrons. The summed E-state index contributed by atoms with van der Waals surface area (Å²) in [6.45, 7) is 18.0. The molecule has 2 saturated heterocycles. The smallest absolute Gasteiger partial charge is 0.356 e. The van der Waals surface area contributed by atoms with E-state index in [1.54, 1.807) is 4.90 Å². The summed E-state index contributed by atoms with van der Waals surface area (Å²) in [4.78, 5) is 53.9. The molecule has 0 aromatic rings. The number of hydrogen-bond donors (Lipinski definition) is 1. The molecule has 0 aliphatic carbocycles. The van der Waals surface area contributed by atoms with Crippen molar-refractivity contribution in [3.8, 4) is 0 Å². The fourth-order valence-corrected chi connectivity index (χ4v) is 7.75. The molecule has 3 aliphatic heterocycles. The highest BCUT2D eigenvalue weighted by Gasteiger charge is 2.59. The van der Waals surface area contributed by atoms with Crippen LogP contribution in [0.25, 0.3) is 0 Å². The van der Waals surface area contributed by atoms with Crippen LogP contribution in [-0.2, 0) is 33.1 Å². The van der Waals surface area contributed by atoms with Crippen LogP contribution in [0.2, 0.25) is 18.1 Å². The van der Waals surface area contributed by atoms with Gasteiger partial charge in [-0.15, -0.1) is 11.8 Å². The fraction of sp³-hybridized carbons (Fsp3) is 0.680. The Morgan fingerprint density at radius 3 is 2.49 bits per heavy atom. The van der Waals surface area contributed by atoms with Gasteiger partial charge >= 0.3 is 11.9 Å². The van der Waals surface area contributed by atoms with Crippen molar-refractivity contribution < 1.29 is 33.1 Å². The number of nitrogens with zero attached hydrogens (tertiary/aromatic N) is 2. The second-order valence-corrected chi connectivity index (χ2v) is 17.3. The summed E-state index contributed by atoms with van der Waals surface area (Å²) in [5.74, 6) is -2.21. The van der Waals surface area contributed by atoms with E-state index in [2.05, 4.69) is 40.4 Å². The second-order valence-electron chi connectivity index (χ2n) is 11.3. The van der Waals surface area contributed by atoms with E-state index in [1.807, 2.05) is 6.92 Å². The summed E-state index contributed by atoms with van der Waals surface area (Å²) >= 11 is 1.41. The number of fused-ring (bicyclic) bond motifs is 1. The molecule has 0 aromatic heterocycles. The zero-order valence-electron chi connectivity index (χ0n) is 22.7. The molecular formula is C25H39N3O7SSi. The molecule has 0 spiro atoms. The first kappa shape index (κ1) is 29.4. The molecule has 0 aromatic carbocycles. The van der Waals surface area contributed by atoms with E-state index >= 15 is 0 Å². The molecule has 2 amide bonds. The van der Waals surface area contributed by atoms with Gasteiger partial charge in [-0.3, -0.25) is 24.2 Å². The number of carbonyl (C=O) groups excluding carboxylic acids is 4. The highest BCUT2D eigenvalue weighted by atomic mass is 32.2. The van der Waals surface area contributed by atoms with Crippen molar-refractivity contribution >= 4 is 43.8 Å². The molecule has 2 N–H and O–H groups in total. The number of carbonyl (C=O) groups is 4. The standard InChI is InChI=1S/C25H39N3O7SSi/c1-9-10-33-24(32)20-18(13-27-12-16(34-15(3)29)11-17(27)21(26)30)36-23-19(22(31)28(20)23)14(2)35-37(7,8)25(4,5)6/h9,14,16-17,19,23H,1,10-13H2,2-8H3,(H2,26,30)/t14-,16-,17+,19+,23-/m1/s1. The minimum atomic E-state index is -2.13. The maximum Gasteiger partial charge on any atom is 0.356 e. The van der Waals surface area contributed by atoms with E-state index in [-0.39, 0.29) is 47.7 Å². The first-order valence-electron chi connectivity index (χ1n) is 12.5. The van der Waals surface area contributed by atoms with E-state index in [4.69, 9.17) is 19.6 Å². The Kier molecular flexibility index (Phi) is 8.67. The van der Waals surface area contributed by atoms with E-state index in [0.717, 1.165) is 0 Å². The number of hydrogen-bond acceptors (Lipinski definition) is 9. The summed E-state index contributed by atoms with van der Waals surface area (Å²) < 4.78 is 17.2. The zero-order valence-corrected chi connectivity index (χ0v) is 24.6. The van der Waals surface area contributed by atoms with Gasteiger partial charge in [0.25, 0.3) is 0 Å². The molecule has 0 radical (unpaired) electrons. The molecule has 37 heavy (non-hydrogen) atoms. The van der Waals surface area contributed by atoms with Crippen LogP contribution in [0.1, 0.15) is 41.0 Å². The first-order chi connectivity index (χ1) is 17.1. The lowest BCUT2D eigenvalue weighted by molar-refractivity contribution is -0.157. The Hall–Kier alpha value is -2.15. The maximum absolute atomic E-state index is 13.4.